The maximum Gasteiger partial charge on any atom is 0.253 e. The molecule has 0 aliphatic carbocycles. The third-order valence-corrected chi connectivity index (χ3v) is 2.83. The molecule has 0 spiro atoms. The SMILES string of the molecule is COc1cc(OC)cc(C(=O)N(C)CCN(C)C)c1. The van der Waals surface area contributed by atoms with E-state index in [-0.39, 0.29) is 5.91 Å². The molecule has 1 rings (SSSR count). The Balaban J connectivity index is 2.85. The number of amides is 1. The van der Waals surface area contributed by atoms with Gasteiger partial charge in [-0.15, -0.1) is 0 Å². The van der Waals surface area contributed by atoms with Crippen LogP contribution in [0.2, 0.25) is 0 Å². The zero-order valence-corrected chi connectivity index (χ0v) is 12.3. The lowest BCUT2D eigenvalue weighted by Crippen LogP contribution is -2.33. The minimum absolute atomic E-state index is 0.0425. The van der Waals surface area contributed by atoms with Crippen LogP contribution >= 0.6 is 0 Å². The van der Waals surface area contributed by atoms with Crippen LogP contribution in [-0.2, 0) is 0 Å². The van der Waals surface area contributed by atoms with E-state index in [1.54, 1.807) is 44.4 Å². The summed E-state index contributed by atoms with van der Waals surface area (Å²) in [5.74, 6) is 1.19. The highest BCUT2D eigenvalue weighted by atomic mass is 16.5. The molecule has 1 aromatic carbocycles. The van der Waals surface area contributed by atoms with Crippen molar-refractivity contribution >= 4 is 5.91 Å². The second kappa shape index (κ2) is 6.99. The van der Waals surface area contributed by atoms with Crippen LogP contribution in [0.3, 0.4) is 0 Å². The maximum absolute atomic E-state index is 12.3. The van der Waals surface area contributed by atoms with Crippen molar-refractivity contribution in [2.45, 2.75) is 0 Å². The molecule has 1 amide bonds. The average molecular weight is 266 g/mol. The van der Waals surface area contributed by atoms with E-state index in [0.29, 0.717) is 23.6 Å². The van der Waals surface area contributed by atoms with Gasteiger partial charge < -0.3 is 19.3 Å². The van der Waals surface area contributed by atoms with Gasteiger partial charge in [-0.1, -0.05) is 0 Å². The molecule has 0 fully saturated rings. The highest BCUT2D eigenvalue weighted by Crippen LogP contribution is 2.23. The van der Waals surface area contributed by atoms with Crippen LogP contribution in [0.15, 0.2) is 18.2 Å². The molecule has 19 heavy (non-hydrogen) atoms. The third-order valence-electron chi connectivity index (χ3n) is 2.83. The normalized spacial score (nSPS) is 10.4. The lowest BCUT2D eigenvalue weighted by molar-refractivity contribution is 0.0785. The predicted molar refractivity (Wildman–Crippen MR) is 75.1 cm³/mol. The summed E-state index contributed by atoms with van der Waals surface area (Å²) in [6.45, 7) is 1.49. The van der Waals surface area contributed by atoms with Crippen molar-refractivity contribution in [3.05, 3.63) is 23.8 Å². The van der Waals surface area contributed by atoms with Gasteiger partial charge in [-0.25, -0.2) is 0 Å². The van der Waals surface area contributed by atoms with Crippen molar-refractivity contribution in [3.8, 4) is 11.5 Å². The minimum atomic E-state index is -0.0425. The largest absolute Gasteiger partial charge is 0.497 e. The summed E-state index contributed by atoms with van der Waals surface area (Å²) in [6, 6.07) is 5.19. The molecule has 1 aromatic rings. The van der Waals surface area contributed by atoms with E-state index in [1.807, 2.05) is 19.0 Å². The Hall–Kier alpha value is -1.75. The number of methoxy groups -OCH3 is 2. The molecular weight excluding hydrogens is 244 g/mol. The predicted octanol–water partition coefficient (Wildman–Crippen LogP) is 1.34. The van der Waals surface area contributed by atoms with Crippen LogP contribution in [0.1, 0.15) is 10.4 Å². The number of rotatable bonds is 6. The van der Waals surface area contributed by atoms with Gasteiger partial charge in [0.15, 0.2) is 0 Å². The number of carbonyl (C=O) groups excluding carboxylic acids is 1. The number of hydrogen-bond acceptors (Lipinski definition) is 4. The summed E-state index contributed by atoms with van der Waals surface area (Å²) in [5, 5.41) is 0. The van der Waals surface area contributed by atoms with Gasteiger partial charge in [0.25, 0.3) is 5.91 Å². The molecule has 0 atom stereocenters. The van der Waals surface area contributed by atoms with E-state index in [2.05, 4.69) is 0 Å². The summed E-state index contributed by atoms with van der Waals surface area (Å²) in [7, 11) is 8.88. The lowest BCUT2D eigenvalue weighted by atomic mass is 10.1. The van der Waals surface area contributed by atoms with Crippen molar-refractivity contribution in [2.75, 3.05) is 48.5 Å². The summed E-state index contributed by atoms with van der Waals surface area (Å²) >= 11 is 0. The van der Waals surface area contributed by atoms with Crippen LogP contribution in [0.5, 0.6) is 11.5 Å². The first-order valence-corrected chi connectivity index (χ1v) is 6.11. The van der Waals surface area contributed by atoms with Gasteiger partial charge in [0.2, 0.25) is 0 Å². The third kappa shape index (κ3) is 4.44. The van der Waals surface area contributed by atoms with Crippen molar-refractivity contribution in [3.63, 3.8) is 0 Å². The Labute approximate surface area is 114 Å². The molecule has 0 aromatic heterocycles. The second-order valence-corrected chi connectivity index (χ2v) is 4.63. The molecule has 0 aliphatic rings. The molecule has 106 valence electrons. The molecule has 0 aliphatic heterocycles. The van der Waals surface area contributed by atoms with Crippen molar-refractivity contribution in [2.24, 2.45) is 0 Å². The fourth-order valence-electron chi connectivity index (χ4n) is 1.60. The van der Waals surface area contributed by atoms with Crippen LogP contribution in [0, 0.1) is 0 Å². The molecule has 0 saturated heterocycles. The summed E-state index contributed by atoms with van der Waals surface area (Å²) in [6.07, 6.45) is 0. The van der Waals surface area contributed by atoms with Gasteiger partial charge in [0, 0.05) is 31.8 Å². The Morgan fingerprint density at radius 1 is 1.00 bits per heavy atom. The number of benzene rings is 1. The second-order valence-electron chi connectivity index (χ2n) is 4.63. The maximum atomic E-state index is 12.3. The topological polar surface area (TPSA) is 42.0 Å². The summed E-state index contributed by atoms with van der Waals surface area (Å²) in [5.41, 5.74) is 0.567. The quantitative estimate of drug-likeness (QED) is 0.779. The lowest BCUT2D eigenvalue weighted by Gasteiger charge is -2.20. The average Bonchev–Trinajstić information content (AvgIpc) is 2.42. The highest BCUT2D eigenvalue weighted by Gasteiger charge is 2.14. The molecule has 0 N–H and O–H groups in total. The van der Waals surface area contributed by atoms with E-state index >= 15 is 0 Å². The van der Waals surface area contributed by atoms with Gasteiger partial charge in [0.1, 0.15) is 11.5 Å². The molecule has 5 heteroatoms. The van der Waals surface area contributed by atoms with E-state index in [0.717, 1.165) is 6.54 Å². The first-order chi connectivity index (χ1) is 8.97. The Morgan fingerprint density at radius 3 is 1.95 bits per heavy atom. The molecule has 0 unspecified atom stereocenters. The summed E-state index contributed by atoms with van der Waals surface area (Å²) in [4.78, 5) is 16.0. The first-order valence-electron chi connectivity index (χ1n) is 6.11. The van der Waals surface area contributed by atoms with E-state index in [1.165, 1.54) is 0 Å². The molecule has 0 saturated carbocycles. The van der Waals surface area contributed by atoms with Gasteiger partial charge in [-0.3, -0.25) is 4.79 Å². The summed E-state index contributed by atoms with van der Waals surface area (Å²) < 4.78 is 10.3. The fourth-order valence-corrected chi connectivity index (χ4v) is 1.60. The van der Waals surface area contributed by atoms with Gasteiger partial charge in [-0.05, 0) is 26.2 Å². The Morgan fingerprint density at radius 2 is 1.53 bits per heavy atom. The molecule has 0 heterocycles. The molecule has 0 radical (unpaired) electrons. The highest BCUT2D eigenvalue weighted by molar-refractivity contribution is 5.95. The number of hydrogen-bond donors (Lipinski definition) is 0. The number of ether oxygens (including phenoxy) is 2. The zero-order valence-electron chi connectivity index (χ0n) is 12.3. The van der Waals surface area contributed by atoms with Gasteiger partial charge >= 0.3 is 0 Å². The van der Waals surface area contributed by atoms with Crippen LogP contribution in [-0.4, -0.2) is 64.2 Å². The van der Waals surface area contributed by atoms with Gasteiger partial charge in [0.05, 0.1) is 14.2 Å². The van der Waals surface area contributed by atoms with Crippen molar-refractivity contribution < 1.29 is 14.3 Å². The van der Waals surface area contributed by atoms with Crippen molar-refractivity contribution in [1.82, 2.24) is 9.80 Å². The van der Waals surface area contributed by atoms with Gasteiger partial charge in [-0.2, -0.15) is 0 Å². The van der Waals surface area contributed by atoms with E-state index in [9.17, 15) is 4.79 Å². The van der Waals surface area contributed by atoms with E-state index < -0.39 is 0 Å². The fraction of sp³-hybridized carbons (Fsp3) is 0.500. The van der Waals surface area contributed by atoms with Crippen LogP contribution in [0.4, 0.5) is 0 Å². The minimum Gasteiger partial charge on any atom is -0.497 e. The van der Waals surface area contributed by atoms with Crippen LogP contribution in [0.25, 0.3) is 0 Å². The van der Waals surface area contributed by atoms with E-state index in [4.69, 9.17) is 9.47 Å². The zero-order chi connectivity index (χ0) is 14.4. The Bertz CT molecular complexity index is 410. The smallest absolute Gasteiger partial charge is 0.253 e. The monoisotopic (exact) mass is 266 g/mol. The first kappa shape index (κ1) is 15.3. The molecule has 5 nitrogen and oxygen atoms in total. The molecular formula is C14H22N2O3. The standard InChI is InChI=1S/C14H22N2O3/c1-15(2)6-7-16(3)14(17)11-8-12(18-4)10-13(9-11)19-5/h8-10H,6-7H2,1-5H3. The van der Waals surface area contributed by atoms with Crippen molar-refractivity contribution in [1.29, 1.82) is 0 Å². The number of likely N-dealkylation sites (N-methyl/N-ethyl adjacent to an activating group) is 2. The van der Waals surface area contributed by atoms with Crippen LogP contribution < -0.4 is 9.47 Å². The Kier molecular flexibility index (Phi) is 5.63. The number of carbonyl (C=O) groups is 1. The number of nitrogens with zero attached hydrogens (tertiary/aromatic N) is 2. The molecule has 0 bridgehead atoms.